The highest BCUT2D eigenvalue weighted by molar-refractivity contribution is 6.31. The summed E-state index contributed by atoms with van der Waals surface area (Å²) in [4.78, 5) is 4.22. The highest BCUT2D eigenvalue weighted by Crippen LogP contribution is 2.13. The zero-order chi connectivity index (χ0) is 8.27. The molecule has 1 rings (SSSR count). The zero-order valence-corrected chi connectivity index (χ0v) is 7.04. The summed E-state index contributed by atoms with van der Waals surface area (Å²) in [5, 5.41) is 0. The van der Waals surface area contributed by atoms with E-state index < -0.39 is 0 Å². The third-order valence-electron chi connectivity index (χ3n) is 1.93. The molecule has 0 saturated carbocycles. The molecule has 1 aromatic rings. The normalized spacial score (nSPS) is 12.9. The van der Waals surface area contributed by atoms with Gasteiger partial charge in [-0.05, 0) is 18.4 Å². The fourth-order valence-corrected chi connectivity index (χ4v) is 0.917. The van der Waals surface area contributed by atoms with Gasteiger partial charge in [0.1, 0.15) is 7.85 Å². The van der Waals surface area contributed by atoms with Gasteiger partial charge < -0.3 is 0 Å². The predicted octanol–water partition coefficient (Wildman–Crippen LogP) is 1.39. The Morgan fingerprint density at radius 3 is 2.73 bits per heavy atom. The molecule has 1 nitrogen and oxygen atoms in total. The van der Waals surface area contributed by atoms with Gasteiger partial charge in [0.05, 0.1) is 0 Å². The zero-order valence-electron chi connectivity index (χ0n) is 7.04. The largest absolute Gasteiger partial charge is 0.262 e. The Morgan fingerprint density at radius 2 is 2.27 bits per heavy atom. The van der Waals surface area contributed by atoms with Gasteiger partial charge in [-0.3, -0.25) is 4.98 Å². The van der Waals surface area contributed by atoms with Crippen molar-refractivity contribution in [3.63, 3.8) is 0 Å². The Labute approximate surface area is 69.3 Å². The summed E-state index contributed by atoms with van der Waals surface area (Å²) in [5.41, 5.74) is 1.86. The lowest BCUT2D eigenvalue weighted by Crippen LogP contribution is -2.05. The van der Waals surface area contributed by atoms with Crippen LogP contribution in [0.15, 0.2) is 18.3 Å². The van der Waals surface area contributed by atoms with E-state index in [1.807, 2.05) is 12.1 Å². The minimum Gasteiger partial charge on any atom is -0.262 e. The first-order valence-corrected chi connectivity index (χ1v) is 3.95. The van der Waals surface area contributed by atoms with Crippen molar-refractivity contribution in [3.05, 3.63) is 24.0 Å². The summed E-state index contributed by atoms with van der Waals surface area (Å²) in [6.07, 6.45) is 2.83. The quantitative estimate of drug-likeness (QED) is 0.573. The van der Waals surface area contributed by atoms with E-state index in [9.17, 15) is 0 Å². The molecule has 0 aliphatic heterocycles. The maximum absolute atomic E-state index is 5.51. The molecule has 0 aliphatic carbocycles. The lowest BCUT2D eigenvalue weighted by atomic mass is 9.96. The molecule has 2 radical (unpaired) electrons. The van der Waals surface area contributed by atoms with Crippen LogP contribution < -0.4 is 5.46 Å². The van der Waals surface area contributed by atoms with E-state index in [4.69, 9.17) is 7.85 Å². The van der Waals surface area contributed by atoms with Gasteiger partial charge in [-0.25, -0.2) is 0 Å². The van der Waals surface area contributed by atoms with Crippen LogP contribution in [-0.4, -0.2) is 12.8 Å². The Kier molecular flexibility index (Phi) is 2.69. The fraction of sp³-hybridized carbons (Fsp3) is 0.444. The van der Waals surface area contributed by atoms with E-state index in [0.29, 0.717) is 5.92 Å². The molecule has 56 valence electrons. The Hall–Kier alpha value is -0.785. The highest BCUT2D eigenvalue weighted by atomic mass is 14.7. The molecule has 0 amide bonds. The molecule has 0 fully saturated rings. The van der Waals surface area contributed by atoms with E-state index in [2.05, 4.69) is 18.8 Å². The second-order valence-electron chi connectivity index (χ2n) is 2.83. The summed E-state index contributed by atoms with van der Waals surface area (Å²) < 4.78 is 0. The Bertz CT molecular complexity index is 218. The summed E-state index contributed by atoms with van der Waals surface area (Å²) in [5.74, 6) is 0.538. The van der Waals surface area contributed by atoms with Gasteiger partial charge in [-0.1, -0.05) is 25.4 Å². The summed E-state index contributed by atoms with van der Waals surface area (Å²) in [6, 6.07) is 3.89. The first kappa shape index (κ1) is 8.31. The van der Waals surface area contributed by atoms with Crippen LogP contribution >= 0.6 is 0 Å². The highest BCUT2D eigenvalue weighted by Gasteiger charge is 2.01. The molecule has 1 atom stereocenters. The molecule has 0 saturated heterocycles. The molecule has 1 aromatic heterocycles. The van der Waals surface area contributed by atoms with Crippen LogP contribution in [0.5, 0.6) is 0 Å². The fourth-order valence-electron chi connectivity index (χ4n) is 0.917. The second-order valence-corrected chi connectivity index (χ2v) is 2.83. The first-order chi connectivity index (χ1) is 5.24. The van der Waals surface area contributed by atoms with Gasteiger partial charge in [0.25, 0.3) is 0 Å². The van der Waals surface area contributed by atoms with Crippen molar-refractivity contribution in [1.29, 1.82) is 0 Å². The van der Waals surface area contributed by atoms with Gasteiger partial charge in [0, 0.05) is 11.9 Å². The van der Waals surface area contributed by atoms with Crippen molar-refractivity contribution in [2.24, 2.45) is 0 Å². The average Bonchev–Trinajstić information content (AvgIpc) is 2.05. The number of pyridine rings is 1. The van der Waals surface area contributed by atoms with Crippen LogP contribution in [0.3, 0.4) is 0 Å². The van der Waals surface area contributed by atoms with E-state index in [1.54, 1.807) is 6.20 Å². The molecule has 0 spiro atoms. The van der Waals surface area contributed by atoms with Gasteiger partial charge in [0.2, 0.25) is 0 Å². The maximum atomic E-state index is 5.51. The van der Waals surface area contributed by atoms with Crippen molar-refractivity contribution in [2.75, 3.05) is 0 Å². The molecule has 0 N–H and O–H groups in total. The number of hydrogen-bond acceptors (Lipinski definition) is 1. The minimum atomic E-state index is 0.538. The predicted molar refractivity (Wildman–Crippen MR) is 48.3 cm³/mol. The van der Waals surface area contributed by atoms with Gasteiger partial charge in [0.15, 0.2) is 0 Å². The van der Waals surface area contributed by atoms with Gasteiger partial charge in [-0.2, -0.15) is 0 Å². The van der Waals surface area contributed by atoms with E-state index in [0.717, 1.165) is 17.6 Å². The maximum Gasteiger partial charge on any atom is 0.115 e. The van der Waals surface area contributed by atoms with Gasteiger partial charge in [-0.15, -0.1) is 0 Å². The van der Waals surface area contributed by atoms with E-state index in [1.165, 1.54) is 0 Å². The summed E-state index contributed by atoms with van der Waals surface area (Å²) in [7, 11) is 5.51. The number of nitrogens with zero attached hydrogens (tertiary/aromatic N) is 1. The Balaban J connectivity index is 2.81. The van der Waals surface area contributed by atoms with Crippen LogP contribution in [0.2, 0.25) is 0 Å². The summed E-state index contributed by atoms with van der Waals surface area (Å²) in [6.45, 7) is 4.32. The summed E-state index contributed by atoms with van der Waals surface area (Å²) >= 11 is 0. The lowest BCUT2D eigenvalue weighted by molar-refractivity contribution is 0.709. The molecule has 0 aliphatic rings. The third-order valence-corrected chi connectivity index (χ3v) is 1.93. The van der Waals surface area contributed by atoms with Crippen LogP contribution in [-0.2, 0) is 0 Å². The molecule has 11 heavy (non-hydrogen) atoms. The molecule has 2 heteroatoms. The average molecular weight is 145 g/mol. The van der Waals surface area contributed by atoms with Crippen LogP contribution in [0, 0.1) is 0 Å². The minimum absolute atomic E-state index is 0.538. The number of rotatable bonds is 2. The molecule has 0 aromatic carbocycles. The molecular formula is C9H12BN. The van der Waals surface area contributed by atoms with Crippen molar-refractivity contribution >= 4 is 13.3 Å². The standard InChI is InChI=1S/C9H12BN/c1-3-7(2)9-5-4-8(10)6-11-9/h4-7H,3H2,1-2H3. The van der Waals surface area contributed by atoms with Crippen LogP contribution in [0.25, 0.3) is 0 Å². The smallest absolute Gasteiger partial charge is 0.115 e. The van der Waals surface area contributed by atoms with Crippen molar-refractivity contribution in [2.45, 2.75) is 26.2 Å². The van der Waals surface area contributed by atoms with Crippen molar-refractivity contribution < 1.29 is 0 Å². The first-order valence-electron chi connectivity index (χ1n) is 3.95. The van der Waals surface area contributed by atoms with Crippen molar-refractivity contribution in [3.8, 4) is 0 Å². The number of aromatic nitrogens is 1. The second kappa shape index (κ2) is 3.56. The van der Waals surface area contributed by atoms with Gasteiger partial charge >= 0.3 is 0 Å². The SMILES string of the molecule is [B]c1ccc(C(C)CC)nc1. The third kappa shape index (κ3) is 2.07. The van der Waals surface area contributed by atoms with Crippen LogP contribution in [0.4, 0.5) is 0 Å². The monoisotopic (exact) mass is 145 g/mol. The van der Waals surface area contributed by atoms with E-state index in [-0.39, 0.29) is 0 Å². The van der Waals surface area contributed by atoms with Crippen LogP contribution in [0.1, 0.15) is 31.9 Å². The van der Waals surface area contributed by atoms with Crippen molar-refractivity contribution in [1.82, 2.24) is 4.98 Å². The van der Waals surface area contributed by atoms with E-state index >= 15 is 0 Å². The molecule has 0 bridgehead atoms. The molecular weight excluding hydrogens is 133 g/mol. The number of hydrogen-bond donors (Lipinski definition) is 0. The lowest BCUT2D eigenvalue weighted by Gasteiger charge is -2.06. The molecule has 1 unspecified atom stereocenters. The Morgan fingerprint density at radius 1 is 1.55 bits per heavy atom. The molecule has 1 heterocycles. The topological polar surface area (TPSA) is 12.9 Å².